The van der Waals surface area contributed by atoms with Gasteiger partial charge in [-0.25, -0.2) is 4.79 Å². The number of carbonyl (C=O) groups is 1. The number of H-pyrrole nitrogens is 1. The fourth-order valence-corrected chi connectivity index (χ4v) is 3.07. The minimum atomic E-state index is -0.537. The summed E-state index contributed by atoms with van der Waals surface area (Å²) in [4.78, 5) is 26.8. The van der Waals surface area contributed by atoms with E-state index in [1.807, 2.05) is 18.2 Å². The number of amides is 1. The second-order valence-corrected chi connectivity index (χ2v) is 6.54. The van der Waals surface area contributed by atoms with E-state index in [0.717, 1.165) is 5.56 Å². The van der Waals surface area contributed by atoms with Gasteiger partial charge >= 0.3 is 5.76 Å². The summed E-state index contributed by atoms with van der Waals surface area (Å²) in [7, 11) is 0. The van der Waals surface area contributed by atoms with Gasteiger partial charge in [-0.1, -0.05) is 23.7 Å². The summed E-state index contributed by atoms with van der Waals surface area (Å²) in [6.45, 7) is 0. The Morgan fingerprint density at radius 3 is 2.70 bits per heavy atom. The lowest BCUT2D eigenvalue weighted by Crippen LogP contribution is -2.23. The van der Waals surface area contributed by atoms with Gasteiger partial charge in [-0.3, -0.25) is 9.78 Å². The number of carbonyl (C=O) groups excluding carboxylic acids is 1. The normalized spacial score (nSPS) is 12.2. The summed E-state index contributed by atoms with van der Waals surface area (Å²) >= 11 is 5.97. The van der Waals surface area contributed by atoms with E-state index < -0.39 is 11.7 Å². The molecule has 0 bridgehead atoms. The molecular weight excluding hydrogens is 368 g/mol. The second kappa shape index (κ2) is 7.17. The second-order valence-electron chi connectivity index (χ2n) is 6.10. The number of anilines is 1. The Balaban J connectivity index is 1.62. The van der Waals surface area contributed by atoms with Gasteiger partial charge in [0.1, 0.15) is 5.76 Å². The predicted octanol–water partition coefficient (Wildman–Crippen LogP) is 4.33. The molecule has 1 atom stereocenters. The van der Waals surface area contributed by atoms with Crippen molar-refractivity contribution in [3.63, 3.8) is 0 Å². The van der Waals surface area contributed by atoms with Crippen LogP contribution in [0.2, 0.25) is 5.02 Å². The van der Waals surface area contributed by atoms with Crippen LogP contribution in [0.5, 0.6) is 0 Å². The van der Waals surface area contributed by atoms with Crippen molar-refractivity contribution in [3.8, 4) is 0 Å². The van der Waals surface area contributed by atoms with Crippen molar-refractivity contribution in [2.45, 2.75) is 12.3 Å². The predicted molar refractivity (Wildman–Crippen MR) is 102 cm³/mol. The monoisotopic (exact) mass is 382 g/mol. The van der Waals surface area contributed by atoms with E-state index in [-0.39, 0.29) is 5.91 Å². The average Bonchev–Trinajstić information content (AvgIpc) is 3.28. The molecule has 136 valence electrons. The van der Waals surface area contributed by atoms with Crippen LogP contribution in [0.4, 0.5) is 5.69 Å². The summed E-state index contributed by atoms with van der Waals surface area (Å²) in [5, 5.41) is 3.48. The Morgan fingerprint density at radius 2 is 1.96 bits per heavy atom. The number of aromatic nitrogens is 1. The first-order valence-electron chi connectivity index (χ1n) is 8.30. The summed E-state index contributed by atoms with van der Waals surface area (Å²) in [6, 6.07) is 15.8. The molecule has 2 N–H and O–H groups in total. The number of nitrogens with one attached hydrogen (secondary N) is 2. The van der Waals surface area contributed by atoms with Gasteiger partial charge in [0, 0.05) is 23.2 Å². The van der Waals surface area contributed by atoms with Crippen molar-refractivity contribution in [1.29, 1.82) is 0 Å². The van der Waals surface area contributed by atoms with Crippen LogP contribution in [-0.4, -0.2) is 10.9 Å². The molecule has 2 heterocycles. The van der Waals surface area contributed by atoms with Crippen LogP contribution in [0.15, 0.2) is 74.5 Å². The molecule has 6 nitrogen and oxygen atoms in total. The fourth-order valence-electron chi connectivity index (χ4n) is 2.94. The molecule has 0 fully saturated rings. The van der Waals surface area contributed by atoms with Crippen LogP contribution in [0.25, 0.3) is 11.1 Å². The third-order valence-corrected chi connectivity index (χ3v) is 4.51. The highest BCUT2D eigenvalue weighted by Gasteiger charge is 2.23. The highest BCUT2D eigenvalue weighted by atomic mass is 35.5. The van der Waals surface area contributed by atoms with Crippen LogP contribution in [0.1, 0.15) is 17.2 Å². The Kier molecular flexibility index (Phi) is 4.56. The first-order chi connectivity index (χ1) is 13.1. The van der Waals surface area contributed by atoms with Crippen molar-refractivity contribution in [2.24, 2.45) is 0 Å². The van der Waals surface area contributed by atoms with Gasteiger partial charge < -0.3 is 14.2 Å². The Bertz CT molecular complexity index is 1130. The molecule has 2 aromatic carbocycles. The Morgan fingerprint density at radius 1 is 1.15 bits per heavy atom. The number of hydrogen-bond donors (Lipinski definition) is 2. The van der Waals surface area contributed by atoms with Gasteiger partial charge in [-0.2, -0.15) is 0 Å². The van der Waals surface area contributed by atoms with Crippen LogP contribution in [0, 0.1) is 0 Å². The Hall–Kier alpha value is -3.25. The topological polar surface area (TPSA) is 88.2 Å². The summed E-state index contributed by atoms with van der Waals surface area (Å²) < 4.78 is 10.5. The molecule has 0 saturated carbocycles. The molecule has 1 amide bonds. The van der Waals surface area contributed by atoms with Gasteiger partial charge in [0.2, 0.25) is 5.91 Å². The minimum absolute atomic E-state index is 0.203. The van der Waals surface area contributed by atoms with E-state index in [2.05, 4.69) is 10.3 Å². The lowest BCUT2D eigenvalue weighted by molar-refractivity contribution is -0.117. The number of furan rings is 1. The average molecular weight is 383 g/mol. The summed E-state index contributed by atoms with van der Waals surface area (Å²) in [5.41, 5.74) is 2.31. The molecule has 1 unspecified atom stereocenters. The van der Waals surface area contributed by atoms with E-state index in [1.54, 1.807) is 42.7 Å². The standard InChI is InChI=1S/C20H15ClN2O4/c21-13-5-3-12(4-6-13)16(11-15-2-1-9-26-15)19(24)22-14-7-8-17-18(10-14)27-20(25)23-17/h1-10,16H,11H2,(H,22,24)(H,23,25). The molecular formula is C20H15ClN2O4. The van der Waals surface area contributed by atoms with Crippen LogP contribution >= 0.6 is 11.6 Å². The molecule has 0 aliphatic heterocycles. The maximum atomic E-state index is 13.0. The number of rotatable bonds is 5. The van der Waals surface area contributed by atoms with Crippen molar-refractivity contribution >= 4 is 34.3 Å². The minimum Gasteiger partial charge on any atom is -0.469 e. The summed E-state index contributed by atoms with van der Waals surface area (Å²) in [5.74, 6) is -0.504. The molecule has 7 heteroatoms. The zero-order chi connectivity index (χ0) is 18.8. The van der Waals surface area contributed by atoms with Crippen molar-refractivity contribution in [2.75, 3.05) is 5.32 Å². The maximum Gasteiger partial charge on any atom is 0.417 e. The maximum absolute atomic E-state index is 13.0. The largest absolute Gasteiger partial charge is 0.469 e. The zero-order valence-corrected chi connectivity index (χ0v) is 14.8. The number of fused-ring (bicyclic) bond motifs is 1. The van der Waals surface area contributed by atoms with Crippen LogP contribution in [0.3, 0.4) is 0 Å². The van der Waals surface area contributed by atoms with Gasteiger partial charge in [-0.15, -0.1) is 0 Å². The Labute approximate surface area is 158 Å². The molecule has 0 aliphatic carbocycles. The quantitative estimate of drug-likeness (QED) is 0.537. The van der Waals surface area contributed by atoms with E-state index in [4.69, 9.17) is 20.4 Å². The van der Waals surface area contributed by atoms with Crippen molar-refractivity contribution in [3.05, 3.63) is 87.8 Å². The number of oxazole rings is 1. The van der Waals surface area contributed by atoms with E-state index in [1.165, 1.54) is 0 Å². The fraction of sp³-hybridized carbons (Fsp3) is 0.100. The smallest absolute Gasteiger partial charge is 0.417 e. The van der Waals surface area contributed by atoms with Crippen molar-refractivity contribution < 1.29 is 13.6 Å². The van der Waals surface area contributed by atoms with Crippen molar-refractivity contribution in [1.82, 2.24) is 4.98 Å². The van der Waals surface area contributed by atoms with E-state index in [9.17, 15) is 9.59 Å². The molecule has 4 rings (SSSR count). The van der Waals surface area contributed by atoms with Crippen LogP contribution in [-0.2, 0) is 11.2 Å². The van der Waals surface area contributed by atoms with Gasteiger partial charge in [-0.05, 0) is 42.0 Å². The first-order valence-corrected chi connectivity index (χ1v) is 8.68. The lowest BCUT2D eigenvalue weighted by atomic mass is 9.93. The zero-order valence-electron chi connectivity index (χ0n) is 14.1. The van der Waals surface area contributed by atoms with E-state index in [0.29, 0.717) is 34.0 Å². The molecule has 0 spiro atoms. The number of hydrogen-bond acceptors (Lipinski definition) is 4. The third kappa shape index (κ3) is 3.80. The first kappa shape index (κ1) is 17.2. The highest BCUT2D eigenvalue weighted by molar-refractivity contribution is 6.30. The number of aromatic amines is 1. The van der Waals surface area contributed by atoms with Crippen LogP contribution < -0.4 is 11.1 Å². The SMILES string of the molecule is O=C(Nc1ccc2[nH]c(=O)oc2c1)C(Cc1ccco1)c1ccc(Cl)cc1. The van der Waals surface area contributed by atoms with Gasteiger partial charge in [0.25, 0.3) is 0 Å². The highest BCUT2D eigenvalue weighted by Crippen LogP contribution is 2.25. The summed E-state index contributed by atoms with van der Waals surface area (Å²) in [6.07, 6.45) is 1.98. The molecule has 2 aromatic heterocycles. The van der Waals surface area contributed by atoms with Gasteiger partial charge in [0.05, 0.1) is 17.7 Å². The van der Waals surface area contributed by atoms with Gasteiger partial charge in [0.15, 0.2) is 5.58 Å². The van der Waals surface area contributed by atoms with E-state index >= 15 is 0 Å². The molecule has 0 radical (unpaired) electrons. The molecule has 0 saturated heterocycles. The molecule has 4 aromatic rings. The number of halogens is 1. The third-order valence-electron chi connectivity index (χ3n) is 4.26. The molecule has 0 aliphatic rings. The lowest BCUT2D eigenvalue weighted by Gasteiger charge is -2.16. The molecule has 27 heavy (non-hydrogen) atoms. The number of benzene rings is 2.